The third kappa shape index (κ3) is 33.1. The summed E-state index contributed by atoms with van der Waals surface area (Å²) >= 11 is 0. The van der Waals surface area contributed by atoms with E-state index in [4.69, 9.17) is 18.5 Å². The molecule has 0 spiro atoms. The number of carbonyl (C=O) groups excluding carboxylic acids is 4. The number of anilines is 1. The Balaban J connectivity index is 1.16. The number of hydrogen-bond donors (Lipinski definition) is 1. The Bertz CT molecular complexity index is 1950. The minimum atomic E-state index is -4.65. The highest BCUT2D eigenvalue weighted by atomic mass is 31.2. The highest BCUT2D eigenvalue weighted by Crippen LogP contribution is 2.38. The molecular weight excluding hydrogens is 966 g/mol. The Morgan fingerprint density at radius 1 is 0.587 bits per heavy atom. The molecule has 13 nitrogen and oxygen atoms in total. The molecule has 1 aliphatic heterocycles. The van der Waals surface area contributed by atoms with Gasteiger partial charge in [-0.05, 0) is 54.9 Å². The van der Waals surface area contributed by atoms with Gasteiger partial charge in [0.1, 0.15) is 19.8 Å². The average molecular weight is 1070 g/mol. The van der Waals surface area contributed by atoms with Crippen molar-refractivity contribution in [1.29, 1.82) is 0 Å². The van der Waals surface area contributed by atoms with Crippen LogP contribution >= 0.6 is 7.82 Å². The Morgan fingerprint density at radius 2 is 1.07 bits per heavy atom. The lowest BCUT2D eigenvalue weighted by atomic mass is 10.0. The fourth-order valence-corrected chi connectivity index (χ4v) is 10.00. The van der Waals surface area contributed by atoms with Crippen molar-refractivity contribution in [2.24, 2.45) is 0 Å². The summed E-state index contributed by atoms with van der Waals surface area (Å²) in [4.78, 5) is 65.7. The average Bonchev–Trinajstić information content (AvgIpc) is 3.37. The lowest BCUT2D eigenvalue weighted by Gasteiger charge is -2.28. The number of quaternary nitrogens is 1. The van der Waals surface area contributed by atoms with E-state index in [0.29, 0.717) is 56.2 Å². The van der Waals surface area contributed by atoms with Gasteiger partial charge in [-0.2, -0.15) is 0 Å². The van der Waals surface area contributed by atoms with Crippen LogP contribution in [0.3, 0.4) is 0 Å². The van der Waals surface area contributed by atoms with Crippen LogP contribution in [0.25, 0.3) is 12.2 Å². The van der Waals surface area contributed by atoms with E-state index in [9.17, 15) is 28.6 Å². The van der Waals surface area contributed by atoms with Gasteiger partial charge in [0.15, 0.2) is 6.10 Å². The molecule has 0 saturated carbocycles. The van der Waals surface area contributed by atoms with E-state index in [0.717, 1.165) is 80.2 Å². The van der Waals surface area contributed by atoms with Crippen molar-refractivity contribution in [3.63, 3.8) is 0 Å². The first-order valence-electron chi connectivity index (χ1n) is 29.4. The van der Waals surface area contributed by atoms with Gasteiger partial charge in [0.25, 0.3) is 7.82 Å². The van der Waals surface area contributed by atoms with Gasteiger partial charge in [0.2, 0.25) is 11.8 Å². The van der Waals surface area contributed by atoms with Gasteiger partial charge in [-0.3, -0.25) is 23.7 Å². The maximum atomic E-state index is 13.5. The molecule has 0 bridgehead atoms. The SMILES string of the molecule is CCCCCCCCCCCCCCCC(=O)OCC(COP(=O)([O-])OCC[N+](C)(C)C)OC(=O)CCCCCCCCCCCCCCCNC(=O)CCCCC(=O)N1Cc2ccccc2/C=C\c2ccccc21. The molecule has 0 radical (unpaired) electrons. The van der Waals surface area contributed by atoms with Crippen LogP contribution in [-0.4, -0.2) is 88.4 Å². The fraction of sp³-hybridized carbons (Fsp3) is 0.705. The van der Waals surface area contributed by atoms with Gasteiger partial charge >= 0.3 is 11.9 Å². The predicted molar refractivity (Wildman–Crippen MR) is 303 cm³/mol. The summed E-state index contributed by atoms with van der Waals surface area (Å²) in [5.74, 6) is -0.727. The summed E-state index contributed by atoms with van der Waals surface area (Å²) in [6.07, 6.45) is 35.7. The van der Waals surface area contributed by atoms with Crippen LogP contribution in [0.1, 0.15) is 229 Å². The molecule has 0 aliphatic carbocycles. The van der Waals surface area contributed by atoms with E-state index in [-0.39, 0.29) is 37.9 Å². The van der Waals surface area contributed by atoms with Crippen molar-refractivity contribution in [2.75, 3.05) is 59.0 Å². The van der Waals surface area contributed by atoms with Crippen molar-refractivity contribution in [1.82, 2.24) is 5.32 Å². The van der Waals surface area contributed by atoms with Crippen LogP contribution in [0, 0.1) is 0 Å². The standard InChI is InChI=1S/C61H100N3O10P/c1-5-6-7-8-9-10-11-13-16-19-22-25-28-43-60(67)71-51-56(52-73-75(69,70)72-49-48-64(2,3)4)74-61(68)44-29-26-23-20-17-14-12-15-18-21-24-27-36-47-62-58(65)41-34-35-42-59(66)63-50-55-39-31-30-37-53(55)45-46-54-38-32-33-40-57(54)63/h30-33,37-40,45-46,56H,5-29,34-36,41-44,47-52H2,1-4H3,(H-,62,65,69,70)/b46-45-. The number of unbranched alkanes of at least 4 members (excludes halogenated alkanes) is 25. The van der Waals surface area contributed by atoms with Crippen molar-refractivity contribution >= 4 is 49.4 Å². The number of carbonyl (C=O) groups is 4. The summed E-state index contributed by atoms with van der Waals surface area (Å²) in [6.45, 7) is 3.12. The Hall–Kier alpha value is -3.87. The molecule has 1 N–H and O–H groups in total. The number of phosphoric ester groups is 1. The van der Waals surface area contributed by atoms with Crippen molar-refractivity contribution in [3.8, 4) is 0 Å². The summed E-state index contributed by atoms with van der Waals surface area (Å²) < 4.78 is 34.1. The molecule has 0 aromatic heterocycles. The second kappa shape index (κ2) is 40.4. The van der Waals surface area contributed by atoms with Crippen molar-refractivity contribution in [2.45, 2.75) is 225 Å². The third-order valence-corrected chi connectivity index (χ3v) is 14.9. The molecule has 1 aliphatic rings. The molecule has 2 aromatic rings. The quantitative estimate of drug-likeness (QED) is 0.0293. The third-order valence-electron chi connectivity index (χ3n) is 13.9. The molecule has 2 atom stereocenters. The summed E-state index contributed by atoms with van der Waals surface area (Å²) in [5, 5.41) is 3.06. The molecule has 14 heteroatoms. The maximum Gasteiger partial charge on any atom is 0.306 e. The number of para-hydroxylation sites is 1. The number of esters is 2. The minimum absolute atomic E-state index is 0.0463. The van der Waals surface area contributed by atoms with Crippen LogP contribution in [0.5, 0.6) is 0 Å². The molecule has 2 amide bonds. The second-order valence-electron chi connectivity index (χ2n) is 21.9. The highest BCUT2D eigenvalue weighted by molar-refractivity contribution is 7.45. The first-order chi connectivity index (χ1) is 36.3. The van der Waals surface area contributed by atoms with Gasteiger partial charge < -0.3 is 38.1 Å². The molecule has 0 fully saturated rings. The van der Waals surface area contributed by atoms with Gasteiger partial charge in [0, 0.05) is 32.2 Å². The second-order valence-corrected chi connectivity index (χ2v) is 23.3. The number of nitrogens with one attached hydrogen (secondary N) is 1. The zero-order valence-corrected chi connectivity index (χ0v) is 48.0. The maximum absolute atomic E-state index is 13.5. The van der Waals surface area contributed by atoms with E-state index in [1.807, 2.05) is 62.4 Å². The molecule has 0 saturated heterocycles. The van der Waals surface area contributed by atoms with Crippen molar-refractivity contribution in [3.05, 3.63) is 65.2 Å². The zero-order chi connectivity index (χ0) is 54.3. The van der Waals surface area contributed by atoms with Crippen molar-refractivity contribution < 1.29 is 51.6 Å². The van der Waals surface area contributed by atoms with Gasteiger partial charge in [-0.25, -0.2) is 0 Å². The number of phosphoric acid groups is 1. The Kier molecular flexibility index (Phi) is 35.2. The molecule has 2 unspecified atom stereocenters. The van der Waals surface area contributed by atoms with Crippen LogP contribution < -0.4 is 15.1 Å². The van der Waals surface area contributed by atoms with Crippen LogP contribution in [0.4, 0.5) is 5.69 Å². The number of rotatable bonds is 45. The first-order valence-corrected chi connectivity index (χ1v) is 30.9. The summed E-state index contributed by atoms with van der Waals surface area (Å²) in [5.41, 5.74) is 4.19. The van der Waals surface area contributed by atoms with E-state index < -0.39 is 32.5 Å². The van der Waals surface area contributed by atoms with E-state index in [1.165, 1.54) is 103 Å². The van der Waals surface area contributed by atoms with E-state index >= 15 is 0 Å². The fourth-order valence-electron chi connectivity index (χ4n) is 9.27. The molecule has 1 heterocycles. The van der Waals surface area contributed by atoms with Gasteiger partial charge in [0.05, 0.1) is 40.0 Å². The molecule has 2 aromatic carbocycles. The molecule has 424 valence electrons. The zero-order valence-electron chi connectivity index (χ0n) is 47.1. The first kappa shape index (κ1) is 65.4. The number of hydrogen-bond acceptors (Lipinski definition) is 10. The minimum Gasteiger partial charge on any atom is -0.756 e. The number of fused-ring (bicyclic) bond motifs is 2. The predicted octanol–water partition coefficient (Wildman–Crippen LogP) is 14.0. The Labute approximate surface area is 453 Å². The Morgan fingerprint density at radius 3 is 1.65 bits per heavy atom. The summed E-state index contributed by atoms with van der Waals surface area (Å²) in [6, 6.07) is 16.2. The smallest absolute Gasteiger partial charge is 0.306 e. The number of nitrogens with zero attached hydrogens (tertiary/aromatic N) is 2. The van der Waals surface area contributed by atoms with Crippen LogP contribution in [-0.2, 0) is 48.8 Å². The van der Waals surface area contributed by atoms with Gasteiger partial charge in [-0.1, -0.05) is 209 Å². The van der Waals surface area contributed by atoms with Crippen LogP contribution in [0.2, 0.25) is 0 Å². The highest BCUT2D eigenvalue weighted by Gasteiger charge is 2.23. The van der Waals surface area contributed by atoms with Crippen LogP contribution in [0.15, 0.2) is 48.5 Å². The van der Waals surface area contributed by atoms with E-state index in [1.54, 1.807) is 0 Å². The number of benzene rings is 2. The summed E-state index contributed by atoms with van der Waals surface area (Å²) in [7, 11) is 1.12. The molecule has 75 heavy (non-hydrogen) atoms. The number of likely N-dealkylation sites (N-methyl/N-ethyl adjacent to an activating group) is 1. The van der Waals surface area contributed by atoms with Gasteiger partial charge in [-0.15, -0.1) is 0 Å². The largest absolute Gasteiger partial charge is 0.756 e. The molecular formula is C61H100N3O10P. The lowest BCUT2D eigenvalue weighted by Crippen LogP contribution is -2.37. The number of amides is 2. The monoisotopic (exact) mass is 1070 g/mol. The topological polar surface area (TPSA) is 161 Å². The lowest BCUT2D eigenvalue weighted by molar-refractivity contribution is -0.870. The normalized spacial score (nSPS) is 14.0. The van der Waals surface area contributed by atoms with E-state index in [2.05, 4.69) is 36.5 Å². The number of ether oxygens (including phenoxy) is 2. The molecule has 3 rings (SSSR count).